The molecule has 1 N–H and O–H groups in total. The van der Waals surface area contributed by atoms with Gasteiger partial charge in [0.2, 0.25) is 5.91 Å². The lowest BCUT2D eigenvalue weighted by molar-refractivity contribution is -0.124. The number of thioether (sulfide) groups is 1. The summed E-state index contributed by atoms with van der Waals surface area (Å²) < 4.78 is 5.64. The number of nitrogens with one attached hydrogen (secondary N) is 1. The Morgan fingerprint density at radius 3 is 2.84 bits per heavy atom. The minimum Gasteiger partial charge on any atom is -0.376 e. The molecule has 1 saturated carbocycles. The summed E-state index contributed by atoms with van der Waals surface area (Å²) in [5.74, 6) is 2.29. The Labute approximate surface area is 122 Å². The molecular weight excluding hydrogens is 278 g/mol. The van der Waals surface area contributed by atoms with Crippen molar-refractivity contribution in [2.24, 2.45) is 0 Å². The molecule has 3 rings (SSSR count). The number of thiophene rings is 1. The van der Waals surface area contributed by atoms with Gasteiger partial charge in [-0.25, -0.2) is 0 Å². The molecule has 19 heavy (non-hydrogen) atoms. The molecule has 1 unspecified atom stereocenters. The van der Waals surface area contributed by atoms with E-state index in [4.69, 9.17) is 4.74 Å². The van der Waals surface area contributed by atoms with E-state index in [1.807, 2.05) is 23.2 Å². The Morgan fingerprint density at radius 1 is 1.47 bits per heavy atom. The van der Waals surface area contributed by atoms with E-state index >= 15 is 0 Å². The zero-order valence-corrected chi connectivity index (χ0v) is 12.7. The van der Waals surface area contributed by atoms with E-state index in [0.29, 0.717) is 6.54 Å². The van der Waals surface area contributed by atoms with Crippen LogP contribution in [0.3, 0.4) is 0 Å². The molecular formula is C14H19NO2S2. The lowest BCUT2D eigenvalue weighted by Crippen LogP contribution is -2.47. The van der Waals surface area contributed by atoms with Crippen LogP contribution in [0.1, 0.15) is 24.1 Å². The third-order valence-corrected chi connectivity index (χ3v) is 6.55. The summed E-state index contributed by atoms with van der Waals surface area (Å²) in [7, 11) is 1.75. The zero-order chi connectivity index (χ0) is 13.3. The van der Waals surface area contributed by atoms with E-state index < -0.39 is 0 Å². The first-order valence-electron chi connectivity index (χ1n) is 6.66. The standard InChI is InChI=1S/C14H19NO2S2/c1-17-13(6-8-18-10-13)9-15-12(16)14(4-5-14)11-3-2-7-19-11/h2-3,7H,4-6,8-10H2,1H3,(H,15,16). The zero-order valence-electron chi connectivity index (χ0n) is 11.1. The highest BCUT2D eigenvalue weighted by Crippen LogP contribution is 2.50. The smallest absolute Gasteiger partial charge is 0.231 e. The first-order valence-corrected chi connectivity index (χ1v) is 8.69. The van der Waals surface area contributed by atoms with Gasteiger partial charge in [-0.05, 0) is 36.5 Å². The lowest BCUT2D eigenvalue weighted by atomic mass is 10.0. The molecule has 3 nitrogen and oxygen atoms in total. The number of rotatable bonds is 5. The Hall–Kier alpha value is -0.520. The van der Waals surface area contributed by atoms with E-state index in [2.05, 4.69) is 11.4 Å². The fraction of sp³-hybridized carbons (Fsp3) is 0.643. The molecule has 0 aromatic carbocycles. The molecule has 104 valence electrons. The van der Waals surface area contributed by atoms with Gasteiger partial charge in [-0.3, -0.25) is 4.79 Å². The van der Waals surface area contributed by atoms with Crippen LogP contribution >= 0.6 is 23.1 Å². The molecule has 1 atom stereocenters. The normalized spacial score (nSPS) is 28.3. The van der Waals surface area contributed by atoms with Crippen molar-refractivity contribution in [3.8, 4) is 0 Å². The number of amides is 1. The number of carbonyl (C=O) groups is 1. The summed E-state index contributed by atoms with van der Waals surface area (Å²) in [5.41, 5.74) is -0.374. The molecule has 0 bridgehead atoms. The van der Waals surface area contributed by atoms with Crippen LogP contribution in [0.4, 0.5) is 0 Å². The Morgan fingerprint density at radius 2 is 2.32 bits per heavy atom. The van der Waals surface area contributed by atoms with Crippen LogP contribution in [0.2, 0.25) is 0 Å². The maximum Gasteiger partial charge on any atom is 0.231 e. The molecule has 2 heterocycles. The molecule has 1 amide bonds. The first kappa shape index (κ1) is 13.5. The summed E-state index contributed by atoms with van der Waals surface area (Å²) in [6.07, 6.45) is 2.99. The maximum atomic E-state index is 12.5. The SMILES string of the molecule is COC1(CNC(=O)C2(c3cccs3)CC2)CCSC1. The highest BCUT2D eigenvalue weighted by atomic mass is 32.2. The number of hydrogen-bond acceptors (Lipinski definition) is 4. The van der Waals surface area contributed by atoms with E-state index in [1.165, 1.54) is 4.88 Å². The van der Waals surface area contributed by atoms with Crippen LogP contribution in [-0.4, -0.2) is 36.7 Å². The molecule has 1 saturated heterocycles. The van der Waals surface area contributed by atoms with Gasteiger partial charge in [0.1, 0.15) is 0 Å². The van der Waals surface area contributed by atoms with Crippen molar-refractivity contribution in [1.82, 2.24) is 5.32 Å². The minimum atomic E-state index is -0.227. The molecule has 1 aromatic heterocycles. The molecule has 0 radical (unpaired) electrons. The van der Waals surface area contributed by atoms with E-state index in [9.17, 15) is 4.79 Å². The average molecular weight is 297 g/mol. The van der Waals surface area contributed by atoms with Crippen LogP contribution in [0, 0.1) is 0 Å². The van der Waals surface area contributed by atoms with Crippen LogP contribution in [0.5, 0.6) is 0 Å². The van der Waals surface area contributed by atoms with Gasteiger partial charge in [-0.1, -0.05) is 6.07 Å². The predicted molar refractivity (Wildman–Crippen MR) is 79.9 cm³/mol. The van der Waals surface area contributed by atoms with Crippen molar-refractivity contribution >= 4 is 29.0 Å². The number of carbonyl (C=O) groups excluding carboxylic acids is 1. The van der Waals surface area contributed by atoms with Gasteiger partial charge in [-0.15, -0.1) is 11.3 Å². The largest absolute Gasteiger partial charge is 0.376 e. The topological polar surface area (TPSA) is 38.3 Å². The molecule has 5 heteroatoms. The number of methoxy groups -OCH3 is 1. The quantitative estimate of drug-likeness (QED) is 0.907. The summed E-state index contributed by atoms with van der Waals surface area (Å²) in [5, 5.41) is 5.19. The van der Waals surface area contributed by atoms with Gasteiger partial charge in [0, 0.05) is 24.3 Å². The second kappa shape index (κ2) is 5.11. The third kappa shape index (κ3) is 2.43. The van der Waals surface area contributed by atoms with Crippen LogP contribution in [0.15, 0.2) is 17.5 Å². The fourth-order valence-corrected chi connectivity index (χ4v) is 5.01. The van der Waals surface area contributed by atoms with Gasteiger partial charge in [0.25, 0.3) is 0 Å². The van der Waals surface area contributed by atoms with Gasteiger partial charge in [0.15, 0.2) is 0 Å². The number of ether oxygens (including phenoxy) is 1. The molecule has 1 aromatic rings. The van der Waals surface area contributed by atoms with E-state index in [1.54, 1.807) is 18.4 Å². The summed E-state index contributed by atoms with van der Waals surface area (Å²) in [6, 6.07) is 4.10. The fourth-order valence-electron chi connectivity index (χ4n) is 2.63. The Bertz CT molecular complexity index is 448. The third-order valence-electron chi connectivity index (χ3n) is 4.25. The Kier molecular flexibility index (Phi) is 3.62. The molecule has 2 fully saturated rings. The van der Waals surface area contributed by atoms with E-state index in [0.717, 1.165) is 30.8 Å². The van der Waals surface area contributed by atoms with Crippen molar-refractivity contribution in [1.29, 1.82) is 0 Å². The summed E-state index contributed by atoms with van der Waals surface area (Å²) in [6.45, 7) is 0.641. The highest BCUT2D eigenvalue weighted by molar-refractivity contribution is 7.99. The van der Waals surface area contributed by atoms with Crippen molar-refractivity contribution in [3.05, 3.63) is 22.4 Å². The van der Waals surface area contributed by atoms with Crippen LogP contribution in [-0.2, 0) is 14.9 Å². The van der Waals surface area contributed by atoms with Gasteiger partial charge >= 0.3 is 0 Å². The molecule has 1 aliphatic carbocycles. The van der Waals surface area contributed by atoms with Crippen molar-refractivity contribution < 1.29 is 9.53 Å². The first-order chi connectivity index (χ1) is 9.21. The second-order valence-electron chi connectivity index (χ2n) is 5.43. The molecule has 2 aliphatic rings. The summed E-state index contributed by atoms with van der Waals surface area (Å²) >= 11 is 3.59. The average Bonchev–Trinajstić information content (AvgIpc) is 2.90. The second-order valence-corrected chi connectivity index (χ2v) is 7.48. The molecule has 1 aliphatic heterocycles. The van der Waals surface area contributed by atoms with Crippen LogP contribution < -0.4 is 5.32 Å². The van der Waals surface area contributed by atoms with E-state index in [-0.39, 0.29) is 16.9 Å². The predicted octanol–water partition coefficient (Wildman–Crippen LogP) is 2.42. The van der Waals surface area contributed by atoms with Gasteiger partial charge < -0.3 is 10.1 Å². The maximum absolute atomic E-state index is 12.5. The van der Waals surface area contributed by atoms with Gasteiger partial charge in [0.05, 0.1) is 11.0 Å². The molecule has 0 spiro atoms. The van der Waals surface area contributed by atoms with Crippen molar-refractivity contribution in [3.63, 3.8) is 0 Å². The van der Waals surface area contributed by atoms with Gasteiger partial charge in [-0.2, -0.15) is 11.8 Å². The van der Waals surface area contributed by atoms with Crippen molar-refractivity contribution in [2.45, 2.75) is 30.3 Å². The van der Waals surface area contributed by atoms with Crippen molar-refractivity contribution in [2.75, 3.05) is 25.2 Å². The van der Waals surface area contributed by atoms with Crippen LogP contribution in [0.25, 0.3) is 0 Å². The number of hydrogen-bond donors (Lipinski definition) is 1. The summed E-state index contributed by atoms with van der Waals surface area (Å²) in [4.78, 5) is 13.7. The lowest BCUT2D eigenvalue weighted by Gasteiger charge is -2.27. The highest BCUT2D eigenvalue weighted by Gasteiger charge is 2.52. The minimum absolute atomic E-state index is 0.147. The monoisotopic (exact) mass is 297 g/mol. The Balaban J connectivity index is 1.63.